The molecule has 0 radical (unpaired) electrons. The average molecular weight is 168 g/mol. The second-order valence-electron chi connectivity index (χ2n) is 4.73. The third-order valence-corrected chi connectivity index (χ3v) is 4.01. The summed E-state index contributed by atoms with van der Waals surface area (Å²) in [5.41, 5.74) is 0. The highest BCUT2D eigenvalue weighted by atomic mass is 16.3. The van der Waals surface area contributed by atoms with Crippen molar-refractivity contribution in [2.45, 2.75) is 51.6 Å². The van der Waals surface area contributed by atoms with Gasteiger partial charge in [0.1, 0.15) is 0 Å². The van der Waals surface area contributed by atoms with Crippen molar-refractivity contribution in [1.82, 2.24) is 0 Å². The van der Waals surface area contributed by atoms with Gasteiger partial charge >= 0.3 is 0 Å². The summed E-state index contributed by atoms with van der Waals surface area (Å²) in [4.78, 5) is 0. The molecule has 0 heterocycles. The van der Waals surface area contributed by atoms with Crippen LogP contribution in [0.3, 0.4) is 0 Å². The molecule has 0 spiro atoms. The fraction of sp³-hybridized carbons (Fsp3) is 1.00. The summed E-state index contributed by atoms with van der Waals surface area (Å²) in [6, 6.07) is 0. The zero-order valence-corrected chi connectivity index (χ0v) is 8.00. The molecular weight excluding hydrogens is 148 g/mol. The highest BCUT2D eigenvalue weighted by molar-refractivity contribution is 4.87. The van der Waals surface area contributed by atoms with Gasteiger partial charge in [-0.3, -0.25) is 0 Å². The van der Waals surface area contributed by atoms with Gasteiger partial charge in [0.15, 0.2) is 0 Å². The van der Waals surface area contributed by atoms with E-state index in [-0.39, 0.29) is 6.10 Å². The highest BCUT2D eigenvalue weighted by Gasteiger charge is 2.37. The fourth-order valence-corrected chi connectivity index (χ4v) is 3.28. The van der Waals surface area contributed by atoms with Crippen molar-refractivity contribution in [3.8, 4) is 0 Å². The molecule has 12 heavy (non-hydrogen) atoms. The number of rotatable bonds is 0. The van der Waals surface area contributed by atoms with E-state index in [2.05, 4.69) is 6.92 Å². The van der Waals surface area contributed by atoms with Gasteiger partial charge in [0.2, 0.25) is 0 Å². The van der Waals surface area contributed by atoms with Gasteiger partial charge in [-0.2, -0.15) is 0 Å². The Kier molecular flexibility index (Phi) is 2.40. The van der Waals surface area contributed by atoms with E-state index in [1.54, 1.807) is 0 Å². The first-order valence-corrected chi connectivity index (χ1v) is 5.47. The molecule has 1 N–H and O–H groups in total. The van der Waals surface area contributed by atoms with Crippen molar-refractivity contribution in [2.24, 2.45) is 17.8 Å². The Labute approximate surface area is 75.2 Å². The van der Waals surface area contributed by atoms with Gasteiger partial charge in [-0.15, -0.1) is 0 Å². The first-order chi connectivity index (χ1) is 5.79. The van der Waals surface area contributed by atoms with Crippen molar-refractivity contribution < 1.29 is 5.11 Å². The molecule has 2 aliphatic rings. The van der Waals surface area contributed by atoms with E-state index < -0.39 is 0 Å². The number of hydrogen-bond donors (Lipinski definition) is 1. The maximum absolute atomic E-state index is 9.82. The Hall–Kier alpha value is -0.0400. The van der Waals surface area contributed by atoms with Crippen LogP contribution in [-0.4, -0.2) is 11.2 Å². The van der Waals surface area contributed by atoms with Gasteiger partial charge in [-0.1, -0.05) is 26.2 Å². The third-order valence-electron chi connectivity index (χ3n) is 4.01. The third kappa shape index (κ3) is 1.39. The highest BCUT2D eigenvalue weighted by Crippen LogP contribution is 2.43. The second-order valence-corrected chi connectivity index (χ2v) is 4.73. The lowest BCUT2D eigenvalue weighted by Crippen LogP contribution is -2.38. The minimum absolute atomic E-state index is 0.0338. The molecule has 2 rings (SSSR count). The lowest BCUT2D eigenvalue weighted by atomic mass is 9.65. The maximum atomic E-state index is 9.82. The van der Waals surface area contributed by atoms with Gasteiger partial charge in [0.25, 0.3) is 0 Å². The molecule has 4 unspecified atom stereocenters. The Morgan fingerprint density at radius 1 is 0.917 bits per heavy atom. The molecule has 0 bridgehead atoms. The minimum atomic E-state index is 0.0338. The standard InChI is InChI=1S/C11H20O/c1-8-4-2-6-10-9(8)5-3-7-11(10)12/h8-12H,2-7H2,1H3. The number of fused-ring (bicyclic) bond motifs is 1. The largest absolute Gasteiger partial charge is 0.393 e. The van der Waals surface area contributed by atoms with Gasteiger partial charge in [0, 0.05) is 0 Å². The molecule has 2 saturated carbocycles. The van der Waals surface area contributed by atoms with E-state index in [0.29, 0.717) is 5.92 Å². The Bertz CT molecular complexity index is 137. The quantitative estimate of drug-likeness (QED) is 0.589. The Morgan fingerprint density at radius 3 is 2.33 bits per heavy atom. The topological polar surface area (TPSA) is 20.2 Å². The summed E-state index contributed by atoms with van der Waals surface area (Å²) in [6.45, 7) is 2.37. The molecule has 2 fully saturated rings. The van der Waals surface area contributed by atoms with E-state index >= 15 is 0 Å². The van der Waals surface area contributed by atoms with Gasteiger partial charge in [0.05, 0.1) is 6.10 Å². The Balaban J connectivity index is 2.05. The smallest absolute Gasteiger partial charge is 0.0571 e. The molecule has 1 heteroatoms. The predicted molar refractivity (Wildman–Crippen MR) is 49.9 cm³/mol. The summed E-state index contributed by atoms with van der Waals surface area (Å²) >= 11 is 0. The number of aliphatic hydroxyl groups excluding tert-OH is 1. The van der Waals surface area contributed by atoms with Crippen molar-refractivity contribution in [2.75, 3.05) is 0 Å². The van der Waals surface area contributed by atoms with E-state index in [4.69, 9.17) is 0 Å². The molecule has 0 aromatic carbocycles. The van der Waals surface area contributed by atoms with Gasteiger partial charge in [-0.05, 0) is 37.0 Å². The van der Waals surface area contributed by atoms with Crippen LogP contribution >= 0.6 is 0 Å². The molecule has 4 atom stereocenters. The number of aliphatic hydroxyl groups is 1. The van der Waals surface area contributed by atoms with Crippen molar-refractivity contribution in [3.63, 3.8) is 0 Å². The summed E-state index contributed by atoms with van der Waals surface area (Å²) in [5, 5.41) is 9.82. The van der Waals surface area contributed by atoms with Crippen molar-refractivity contribution in [3.05, 3.63) is 0 Å². The normalized spacial score (nSPS) is 48.5. The summed E-state index contributed by atoms with van der Waals surface area (Å²) < 4.78 is 0. The van der Waals surface area contributed by atoms with Crippen LogP contribution in [0.25, 0.3) is 0 Å². The van der Waals surface area contributed by atoms with Gasteiger partial charge < -0.3 is 5.11 Å². The zero-order chi connectivity index (χ0) is 8.55. The molecule has 2 aliphatic carbocycles. The molecule has 0 amide bonds. The van der Waals surface area contributed by atoms with Crippen LogP contribution < -0.4 is 0 Å². The van der Waals surface area contributed by atoms with Crippen LogP contribution in [0, 0.1) is 17.8 Å². The monoisotopic (exact) mass is 168 g/mol. The van der Waals surface area contributed by atoms with Crippen LogP contribution in [0.1, 0.15) is 45.4 Å². The maximum Gasteiger partial charge on any atom is 0.0571 e. The molecule has 0 saturated heterocycles. The lowest BCUT2D eigenvalue weighted by Gasteiger charge is -2.42. The fourth-order valence-electron chi connectivity index (χ4n) is 3.28. The van der Waals surface area contributed by atoms with Gasteiger partial charge in [-0.25, -0.2) is 0 Å². The minimum Gasteiger partial charge on any atom is -0.393 e. The molecule has 0 aliphatic heterocycles. The summed E-state index contributed by atoms with van der Waals surface area (Å²) in [7, 11) is 0. The van der Waals surface area contributed by atoms with E-state index in [9.17, 15) is 5.11 Å². The first-order valence-electron chi connectivity index (χ1n) is 5.47. The van der Waals surface area contributed by atoms with E-state index in [1.165, 1.54) is 32.1 Å². The zero-order valence-electron chi connectivity index (χ0n) is 8.00. The number of hydrogen-bond acceptors (Lipinski definition) is 1. The van der Waals surface area contributed by atoms with Crippen LogP contribution in [-0.2, 0) is 0 Å². The molecule has 70 valence electrons. The van der Waals surface area contributed by atoms with E-state index in [0.717, 1.165) is 18.3 Å². The van der Waals surface area contributed by atoms with Crippen molar-refractivity contribution >= 4 is 0 Å². The SMILES string of the molecule is CC1CCCC2C(O)CCCC12. The molecule has 0 aromatic heterocycles. The molecule has 0 aromatic rings. The summed E-state index contributed by atoms with van der Waals surface area (Å²) in [5.74, 6) is 2.38. The van der Waals surface area contributed by atoms with Crippen LogP contribution in [0.2, 0.25) is 0 Å². The van der Waals surface area contributed by atoms with Crippen LogP contribution in [0.5, 0.6) is 0 Å². The first kappa shape index (κ1) is 8.55. The predicted octanol–water partition coefficient (Wildman–Crippen LogP) is 2.58. The summed E-state index contributed by atoms with van der Waals surface area (Å²) in [6.07, 6.45) is 7.76. The Morgan fingerprint density at radius 2 is 1.58 bits per heavy atom. The lowest BCUT2D eigenvalue weighted by molar-refractivity contribution is -0.0111. The molecule has 1 nitrogen and oxygen atoms in total. The van der Waals surface area contributed by atoms with Crippen LogP contribution in [0.15, 0.2) is 0 Å². The second kappa shape index (κ2) is 3.37. The van der Waals surface area contributed by atoms with Crippen LogP contribution in [0.4, 0.5) is 0 Å². The van der Waals surface area contributed by atoms with E-state index in [1.807, 2.05) is 0 Å². The average Bonchev–Trinajstić information content (AvgIpc) is 2.07. The molecular formula is C11H20O. The van der Waals surface area contributed by atoms with Crippen molar-refractivity contribution in [1.29, 1.82) is 0 Å².